The third-order valence-electron chi connectivity index (χ3n) is 4.62. The molecule has 3 aromatic rings. The van der Waals surface area contributed by atoms with Crippen molar-refractivity contribution in [3.8, 4) is 0 Å². The number of nitrogens with one attached hydrogen (secondary N) is 2. The summed E-state index contributed by atoms with van der Waals surface area (Å²) >= 11 is 0. The number of hydrogen-bond acceptors (Lipinski definition) is 4. The highest BCUT2D eigenvalue weighted by Gasteiger charge is 2.14. The summed E-state index contributed by atoms with van der Waals surface area (Å²) in [5.74, 6) is 0. The molecule has 0 saturated heterocycles. The second kappa shape index (κ2) is 7.99. The third kappa shape index (κ3) is 4.31. The van der Waals surface area contributed by atoms with Crippen LogP contribution in [-0.4, -0.2) is 27.1 Å². The van der Waals surface area contributed by atoms with Crippen LogP contribution in [0.5, 0.6) is 0 Å². The molecule has 0 saturated carbocycles. The van der Waals surface area contributed by atoms with Crippen molar-refractivity contribution in [3.63, 3.8) is 0 Å². The van der Waals surface area contributed by atoms with Crippen molar-refractivity contribution in [2.75, 3.05) is 5.32 Å². The monoisotopic (exact) mass is 365 g/mol. The Morgan fingerprint density at radius 1 is 1.15 bits per heavy atom. The minimum Gasteiger partial charge on any atom is -0.333 e. The van der Waals surface area contributed by atoms with Crippen LogP contribution < -0.4 is 16.2 Å². The lowest BCUT2D eigenvalue weighted by Gasteiger charge is -2.18. The van der Waals surface area contributed by atoms with Crippen LogP contribution in [-0.2, 0) is 6.54 Å². The highest BCUT2D eigenvalue weighted by Crippen LogP contribution is 2.14. The topological polar surface area (TPSA) is 88.9 Å². The molecule has 1 aromatic heterocycles. The average Bonchev–Trinajstić information content (AvgIpc) is 2.66. The van der Waals surface area contributed by atoms with Crippen LogP contribution in [0.15, 0.2) is 47.3 Å². The van der Waals surface area contributed by atoms with Crippen LogP contribution in [0, 0.1) is 13.8 Å². The average molecular weight is 365 g/mol. The van der Waals surface area contributed by atoms with Crippen LogP contribution in [0.3, 0.4) is 0 Å². The van der Waals surface area contributed by atoms with Gasteiger partial charge in [0.2, 0.25) is 0 Å². The molecule has 0 radical (unpaired) electrons. The normalized spacial score (nSPS) is 12.0. The first kappa shape index (κ1) is 18.6. The van der Waals surface area contributed by atoms with Gasteiger partial charge < -0.3 is 10.6 Å². The number of hydrogen-bond donors (Lipinski definition) is 2. The Balaban J connectivity index is 1.70. The van der Waals surface area contributed by atoms with Crippen molar-refractivity contribution in [3.05, 3.63) is 63.9 Å². The molecule has 1 atom stereocenters. The van der Waals surface area contributed by atoms with Gasteiger partial charge in [0.1, 0.15) is 5.52 Å². The van der Waals surface area contributed by atoms with E-state index in [0.717, 1.165) is 11.3 Å². The van der Waals surface area contributed by atoms with Crippen LogP contribution in [0.2, 0.25) is 0 Å². The number of aromatic nitrogens is 3. The fourth-order valence-corrected chi connectivity index (χ4v) is 2.80. The quantitative estimate of drug-likeness (QED) is 0.727. The largest absolute Gasteiger partial charge is 0.333 e. The summed E-state index contributed by atoms with van der Waals surface area (Å²) in [6.45, 7) is 6.22. The first-order valence-corrected chi connectivity index (χ1v) is 8.95. The van der Waals surface area contributed by atoms with Crippen LogP contribution >= 0.6 is 0 Å². The van der Waals surface area contributed by atoms with E-state index in [1.807, 2.05) is 45.0 Å². The van der Waals surface area contributed by atoms with E-state index in [0.29, 0.717) is 17.3 Å². The van der Waals surface area contributed by atoms with E-state index >= 15 is 0 Å². The molecular formula is C20H23N5O2. The SMILES string of the molecule is CC[C@@H](Cn1nnc2ccccc2c1=O)NC(=O)Nc1ccc(C)c(C)c1. The predicted octanol–water partition coefficient (Wildman–Crippen LogP) is 3.01. The van der Waals surface area contributed by atoms with Gasteiger partial charge in [0.05, 0.1) is 18.0 Å². The van der Waals surface area contributed by atoms with Crippen molar-refractivity contribution in [1.29, 1.82) is 0 Å². The molecule has 0 fully saturated rings. The van der Waals surface area contributed by atoms with Crippen molar-refractivity contribution in [1.82, 2.24) is 20.3 Å². The molecule has 7 nitrogen and oxygen atoms in total. The Hall–Kier alpha value is -3.22. The minimum absolute atomic E-state index is 0.213. The second-order valence-electron chi connectivity index (χ2n) is 6.60. The lowest BCUT2D eigenvalue weighted by Crippen LogP contribution is -2.42. The summed E-state index contributed by atoms with van der Waals surface area (Å²) in [5.41, 5.74) is 3.36. The van der Waals surface area contributed by atoms with Gasteiger partial charge in [0, 0.05) is 5.69 Å². The first-order valence-electron chi connectivity index (χ1n) is 8.95. The van der Waals surface area contributed by atoms with Gasteiger partial charge in [-0.3, -0.25) is 4.79 Å². The van der Waals surface area contributed by atoms with Gasteiger partial charge in [0.15, 0.2) is 0 Å². The van der Waals surface area contributed by atoms with Gasteiger partial charge in [-0.1, -0.05) is 30.3 Å². The van der Waals surface area contributed by atoms with Crippen LogP contribution in [0.1, 0.15) is 24.5 Å². The minimum atomic E-state index is -0.313. The molecule has 2 amide bonds. The zero-order valence-electron chi connectivity index (χ0n) is 15.7. The van der Waals surface area contributed by atoms with Crippen LogP contribution in [0.4, 0.5) is 10.5 Å². The van der Waals surface area contributed by atoms with Gasteiger partial charge in [-0.2, -0.15) is 0 Å². The summed E-state index contributed by atoms with van der Waals surface area (Å²) < 4.78 is 1.30. The number of urea groups is 1. The van der Waals surface area contributed by atoms with Gasteiger partial charge in [-0.05, 0) is 55.7 Å². The number of anilines is 1. The zero-order chi connectivity index (χ0) is 19.4. The molecule has 0 unspecified atom stereocenters. The van der Waals surface area contributed by atoms with E-state index in [9.17, 15) is 9.59 Å². The first-order chi connectivity index (χ1) is 13.0. The van der Waals surface area contributed by atoms with E-state index in [2.05, 4.69) is 20.9 Å². The van der Waals surface area contributed by atoms with Gasteiger partial charge >= 0.3 is 6.03 Å². The van der Waals surface area contributed by atoms with Crippen molar-refractivity contribution in [2.45, 2.75) is 39.8 Å². The number of aryl methyl sites for hydroxylation is 2. The number of carbonyl (C=O) groups excluding carboxylic acids is 1. The molecule has 140 valence electrons. The molecule has 0 aliphatic carbocycles. The molecule has 1 heterocycles. The maximum atomic E-state index is 12.6. The Morgan fingerprint density at radius 2 is 1.93 bits per heavy atom. The highest BCUT2D eigenvalue weighted by atomic mass is 16.2. The maximum Gasteiger partial charge on any atom is 0.319 e. The summed E-state index contributed by atoms with van der Waals surface area (Å²) in [7, 11) is 0. The smallest absolute Gasteiger partial charge is 0.319 e. The number of carbonyl (C=O) groups is 1. The zero-order valence-corrected chi connectivity index (χ0v) is 15.7. The Labute approximate surface area is 157 Å². The highest BCUT2D eigenvalue weighted by molar-refractivity contribution is 5.89. The third-order valence-corrected chi connectivity index (χ3v) is 4.62. The van der Waals surface area contributed by atoms with Crippen molar-refractivity contribution in [2.24, 2.45) is 0 Å². The standard InChI is InChI=1S/C20H23N5O2/c1-4-15(21-20(27)22-16-10-9-13(2)14(3)11-16)12-25-19(26)17-7-5-6-8-18(17)23-24-25/h5-11,15H,4,12H2,1-3H3,(H2,21,22,27)/t15-/m0/s1. The number of amides is 2. The van der Waals surface area contributed by atoms with E-state index in [1.54, 1.807) is 18.2 Å². The molecule has 0 spiro atoms. The summed E-state index contributed by atoms with van der Waals surface area (Å²) in [4.78, 5) is 24.9. The fourth-order valence-electron chi connectivity index (χ4n) is 2.80. The molecule has 3 rings (SSSR count). The Morgan fingerprint density at radius 3 is 2.67 bits per heavy atom. The summed E-state index contributed by atoms with van der Waals surface area (Å²) in [5, 5.41) is 14.3. The summed E-state index contributed by atoms with van der Waals surface area (Å²) in [6, 6.07) is 12.3. The predicted molar refractivity (Wildman–Crippen MR) is 106 cm³/mol. The number of benzene rings is 2. The molecule has 0 aliphatic rings. The summed E-state index contributed by atoms with van der Waals surface area (Å²) in [6.07, 6.45) is 0.654. The molecule has 7 heteroatoms. The molecule has 2 aromatic carbocycles. The molecule has 0 bridgehead atoms. The van der Waals surface area contributed by atoms with Gasteiger partial charge in [-0.15, -0.1) is 5.10 Å². The van der Waals surface area contributed by atoms with E-state index in [1.165, 1.54) is 10.2 Å². The van der Waals surface area contributed by atoms with E-state index < -0.39 is 0 Å². The number of rotatable bonds is 5. The van der Waals surface area contributed by atoms with E-state index in [4.69, 9.17) is 0 Å². The van der Waals surface area contributed by atoms with Crippen molar-refractivity contribution < 1.29 is 4.79 Å². The Bertz CT molecular complexity index is 1030. The lowest BCUT2D eigenvalue weighted by molar-refractivity contribution is 0.245. The van der Waals surface area contributed by atoms with Crippen LogP contribution in [0.25, 0.3) is 10.9 Å². The fraction of sp³-hybridized carbons (Fsp3) is 0.300. The molecule has 0 aliphatic heterocycles. The number of fused-ring (bicyclic) bond motifs is 1. The second-order valence-corrected chi connectivity index (χ2v) is 6.60. The molecule has 27 heavy (non-hydrogen) atoms. The molecular weight excluding hydrogens is 342 g/mol. The maximum absolute atomic E-state index is 12.6. The molecule has 2 N–H and O–H groups in total. The Kier molecular flexibility index (Phi) is 5.49. The van der Waals surface area contributed by atoms with Crippen molar-refractivity contribution >= 4 is 22.6 Å². The van der Waals surface area contributed by atoms with Gasteiger partial charge in [-0.25, -0.2) is 9.48 Å². The van der Waals surface area contributed by atoms with E-state index in [-0.39, 0.29) is 24.2 Å². The lowest BCUT2D eigenvalue weighted by atomic mass is 10.1. The number of nitrogens with zero attached hydrogens (tertiary/aromatic N) is 3. The van der Waals surface area contributed by atoms with Gasteiger partial charge in [0.25, 0.3) is 5.56 Å².